The van der Waals surface area contributed by atoms with Crippen LogP contribution in [-0.2, 0) is 25.5 Å². The molecule has 24 heavy (non-hydrogen) atoms. The van der Waals surface area contributed by atoms with Crippen LogP contribution in [0, 0.1) is 0 Å². The minimum Gasteiger partial charge on any atom is -0.462 e. The lowest BCUT2D eigenvalue weighted by atomic mass is 10.2. The average molecular weight is 340 g/mol. The highest BCUT2D eigenvalue weighted by atomic mass is 16.6. The van der Waals surface area contributed by atoms with Crippen molar-refractivity contribution in [2.75, 3.05) is 26.4 Å². The lowest BCUT2D eigenvalue weighted by Gasteiger charge is -2.11. The van der Waals surface area contributed by atoms with Crippen LogP contribution in [0.2, 0.25) is 0 Å². The normalized spacial score (nSPS) is 11.9. The van der Waals surface area contributed by atoms with Crippen molar-refractivity contribution in [2.45, 2.75) is 45.1 Å². The topological polar surface area (TPSA) is 119 Å². The number of amides is 1. The fraction of sp³-hybridized carbons (Fsp3) is 0.688. The van der Waals surface area contributed by atoms with E-state index in [-0.39, 0.29) is 25.7 Å². The number of hydrogen-bond donors (Lipinski definition) is 3. The Kier molecular flexibility index (Phi) is 10.5. The van der Waals surface area contributed by atoms with E-state index in [1.165, 1.54) is 19.2 Å². The molecule has 0 radical (unpaired) electrons. The molecular formula is C16H28N4O4. The molecule has 0 aromatic carbocycles. The third-order valence-corrected chi connectivity index (χ3v) is 3.36. The third kappa shape index (κ3) is 9.26. The number of nitrogens with one attached hydrogen (secondary N) is 2. The Bertz CT molecular complexity index is 465. The highest BCUT2D eigenvalue weighted by Gasteiger charge is 2.16. The molecule has 0 saturated carbocycles. The molecule has 0 bridgehead atoms. The summed E-state index contributed by atoms with van der Waals surface area (Å²) in [5, 5.41) is 2.78. The van der Waals surface area contributed by atoms with Crippen molar-refractivity contribution >= 4 is 11.9 Å². The first kappa shape index (κ1) is 20.1. The number of carbonyl (C=O) groups excluding carboxylic acids is 2. The maximum atomic E-state index is 11.7. The van der Waals surface area contributed by atoms with Crippen molar-refractivity contribution in [3.8, 4) is 0 Å². The summed E-state index contributed by atoms with van der Waals surface area (Å²) in [7, 11) is 0. The van der Waals surface area contributed by atoms with E-state index >= 15 is 0 Å². The van der Waals surface area contributed by atoms with E-state index in [1.54, 1.807) is 6.20 Å². The van der Waals surface area contributed by atoms with Gasteiger partial charge in [-0.25, -0.2) is 4.98 Å². The predicted molar refractivity (Wildman–Crippen MR) is 89.2 cm³/mol. The fourth-order valence-corrected chi connectivity index (χ4v) is 2.02. The van der Waals surface area contributed by atoms with Gasteiger partial charge in [0.15, 0.2) is 0 Å². The van der Waals surface area contributed by atoms with Crippen LogP contribution in [0.25, 0.3) is 0 Å². The summed E-state index contributed by atoms with van der Waals surface area (Å²) in [4.78, 5) is 29.9. The highest BCUT2D eigenvalue weighted by Crippen LogP contribution is 1.98. The molecule has 1 amide bonds. The minimum absolute atomic E-state index is 0.0362. The number of nitrogens with two attached hydrogens (primary N) is 1. The molecule has 1 aromatic rings. The molecule has 1 heterocycles. The first-order chi connectivity index (χ1) is 11.6. The van der Waals surface area contributed by atoms with E-state index < -0.39 is 12.0 Å². The summed E-state index contributed by atoms with van der Waals surface area (Å²) in [6.07, 6.45) is 7.91. The van der Waals surface area contributed by atoms with Gasteiger partial charge >= 0.3 is 5.97 Å². The Labute approximate surface area is 142 Å². The highest BCUT2D eigenvalue weighted by molar-refractivity contribution is 5.77. The van der Waals surface area contributed by atoms with Crippen LogP contribution < -0.4 is 11.1 Å². The van der Waals surface area contributed by atoms with E-state index in [1.807, 2.05) is 0 Å². The minimum atomic E-state index is -0.753. The van der Waals surface area contributed by atoms with Gasteiger partial charge in [-0.1, -0.05) is 26.2 Å². The SMILES string of the molecule is CCCCCCNC(=O)COCCOC(=O)C(N)Cc1cnc[nH]1. The van der Waals surface area contributed by atoms with Crippen molar-refractivity contribution in [1.29, 1.82) is 0 Å². The van der Waals surface area contributed by atoms with Crippen LogP contribution in [0.3, 0.4) is 0 Å². The summed E-state index contributed by atoms with van der Waals surface area (Å²) >= 11 is 0. The summed E-state index contributed by atoms with van der Waals surface area (Å²) < 4.78 is 10.2. The zero-order valence-corrected chi connectivity index (χ0v) is 14.3. The second kappa shape index (κ2) is 12.5. The number of esters is 1. The number of H-pyrrole nitrogens is 1. The van der Waals surface area contributed by atoms with Gasteiger partial charge in [-0.05, 0) is 6.42 Å². The number of rotatable bonds is 13. The van der Waals surface area contributed by atoms with E-state index in [0.717, 1.165) is 18.5 Å². The van der Waals surface area contributed by atoms with Gasteiger partial charge in [-0.3, -0.25) is 9.59 Å². The van der Waals surface area contributed by atoms with Gasteiger partial charge in [0.2, 0.25) is 5.91 Å². The molecule has 1 unspecified atom stereocenters. The molecule has 0 aliphatic carbocycles. The number of aromatic amines is 1. The zero-order valence-electron chi connectivity index (χ0n) is 14.3. The Morgan fingerprint density at radius 3 is 2.88 bits per heavy atom. The number of aromatic nitrogens is 2. The van der Waals surface area contributed by atoms with Crippen LogP contribution in [0.1, 0.15) is 38.3 Å². The van der Waals surface area contributed by atoms with Crippen molar-refractivity contribution in [1.82, 2.24) is 15.3 Å². The molecule has 1 aromatic heterocycles. The van der Waals surface area contributed by atoms with Crippen molar-refractivity contribution < 1.29 is 19.1 Å². The number of unbranched alkanes of at least 4 members (excludes halogenated alkanes) is 3. The van der Waals surface area contributed by atoms with Gasteiger partial charge in [-0.15, -0.1) is 0 Å². The second-order valence-corrected chi connectivity index (χ2v) is 5.52. The molecule has 1 atom stereocenters. The van der Waals surface area contributed by atoms with Gasteiger partial charge in [0.1, 0.15) is 19.3 Å². The van der Waals surface area contributed by atoms with E-state index in [4.69, 9.17) is 15.2 Å². The van der Waals surface area contributed by atoms with Crippen LogP contribution in [0.5, 0.6) is 0 Å². The maximum Gasteiger partial charge on any atom is 0.323 e. The first-order valence-electron chi connectivity index (χ1n) is 8.37. The molecule has 8 heteroatoms. The number of carbonyl (C=O) groups is 2. The second-order valence-electron chi connectivity index (χ2n) is 5.52. The molecule has 8 nitrogen and oxygen atoms in total. The van der Waals surface area contributed by atoms with E-state index in [9.17, 15) is 9.59 Å². The summed E-state index contributed by atoms with van der Waals surface area (Å²) in [6, 6.07) is -0.753. The molecule has 0 saturated heterocycles. The van der Waals surface area contributed by atoms with Crippen molar-refractivity contribution in [2.24, 2.45) is 5.73 Å². The lowest BCUT2D eigenvalue weighted by molar-refractivity contribution is -0.147. The number of imidazole rings is 1. The first-order valence-corrected chi connectivity index (χ1v) is 8.37. The lowest BCUT2D eigenvalue weighted by Crippen LogP contribution is -2.35. The molecule has 0 aliphatic rings. The average Bonchev–Trinajstić information content (AvgIpc) is 3.07. The largest absolute Gasteiger partial charge is 0.462 e. The Morgan fingerprint density at radius 2 is 2.17 bits per heavy atom. The Hall–Kier alpha value is -1.93. The summed E-state index contributed by atoms with van der Waals surface area (Å²) in [5.74, 6) is -0.664. The van der Waals surface area contributed by atoms with Gasteiger partial charge < -0.3 is 25.5 Å². The fourth-order valence-electron chi connectivity index (χ4n) is 2.02. The van der Waals surface area contributed by atoms with Gasteiger partial charge in [-0.2, -0.15) is 0 Å². The predicted octanol–water partition coefficient (Wildman–Crippen LogP) is 0.536. The zero-order chi connectivity index (χ0) is 17.6. The number of ether oxygens (including phenoxy) is 2. The standard InChI is InChI=1S/C16H28N4O4/c1-2-3-4-5-6-19-15(21)11-23-7-8-24-16(22)14(17)9-13-10-18-12-20-13/h10,12,14H,2-9,11,17H2,1H3,(H,18,20)(H,19,21). The molecular weight excluding hydrogens is 312 g/mol. The smallest absolute Gasteiger partial charge is 0.323 e. The molecule has 1 rings (SSSR count). The molecule has 4 N–H and O–H groups in total. The number of nitrogens with zero attached hydrogens (tertiary/aromatic N) is 1. The maximum absolute atomic E-state index is 11.7. The summed E-state index contributed by atoms with van der Waals surface area (Å²) in [5.41, 5.74) is 6.50. The van der Waals surface area contributed by atoms with Crippen LogP contribution in [0.15, 0.2) is 12.5 Å². The van der Waals surface area contributed by atoms with E-state index in [2.05, 4.69) is 22.2 Å². The Morgan fingerprint density at radius 1 is 1.33 bits per heavy atom. The third-order valence-electron chi connectivity index (χ3n) is 3.36. The van der Waals surface area contributed by atoms with Gasteiger partial charge in [0.25, 0.3) is 0 Å². The molecule has 0 aliphatic heterocycles. The summed E-state index contributed by atoms with van der Waals surface area (Å²) in [6.45, 7) is 3.00. The van der Waals surface area contributed by atoms with Crippen LogP contribution in [-0.4, -0.2) is 54.3 Å². The van der Waals surface area contributed by atoms with Gasteiger partial charge in [0, 0.05) is 24.9 Å². The number of hydrogen-bond acceptors (Lipinski definition) is 6. The Balaban J connectivity index is 1.98. The quantitative estimate of drug-likeness (QED) is 0.356. The molecule has 136 valence electrons. The van der Waals surface area contributed by atoms with E-state index in [0.29, 0.717) is 13.0 Å². The van der Waals surface area contributed by atoms with Crippen LogP contribution in [0.4, 0.5) is 0 Å². The monoisotopic (exact) mass is 340 g/mol. The molecule has 0 fully saturated rings. The van der Waals surface area contributed by atoms with Crippen molar-refractivity contribution in [3.05, 3.63) is 18.2 Å². The molecule has 0 spiro atoms. The van der Waals surface area contributed by atoms with Crippen LogP contribution >= 0.6 is 0 Å². The van der Waals surface area contributed by atoms with Crippen molar-refractivity contribution in [3.63, 3.8) is 0 Å². The van der Waals surface area contributed by atoms with Gasteiger partial charge in [0.05, 0.1) is 12.9 Å².